The standard InChI is InChI=1S/C19H28O5S/c1-3-4-12-25(22,23)24-18-7-5-6-17(18)13-15-8-10-16(11-9-15)14(2)19(20)21/h8-11,14,17-18H,3-7,12-13H2,1-2H3,(H,20,21)/t14-,17+,18-/m0/s1. The number of rotatable bonds is 9. The Bertz CT molecular complexity index is 666. The largest absolute Gasteiger partial charge is 0.481 e. The van der Waals surface area contributed by atoms with E-state index in [4.69, 9.17) is 9.29 Å². The molecule has 25 heavy (non-hydrogen) atoms. The van der Waals surface area contributed by atoms with Gasteiger partial charge in [-0.15, -0.1) is 0 Å². The van der Waals surface area contributed by atoms with Crippen molar-refractivity contribution in [2.75, 3.05) is 5.75 Å². The van der Waals surface area contributed by atoms with Crippen LogP contribution in [0.2, 0.25) is 0 Å². The molecule has 0 radical (unpaired) electrons. The van der Waals surface area contributed by atoms with Crippen LogP contribution in [0.15, 0.2) is 24.3 Å². The Kier molecular flexibility index (Phi) is 7.02. The molecule has 1 fully saturated rings. The first-order chi connectivity index (χ1) is 11.8. The molecular formula is C19H28O5S. The van der Waals surface area contributed by atoms with E-state index in [9.17, 15) is 13.2 Å². The molecule has 3 atom stereocenters. The van der Waals surface area contributed by atoms with Crippen LogP contribution in [0.5, 0.6) is 0 Å². The van der Waals surface area contributed by atoms with E-state index in [1.165, 1.54) is 0 Å². The van der Waals surface area contributed by atoms with Crippen molar-refractivity contribution in [3.63, 3.8) is 0 Å². The first kappa shape index (κ1) is 19.9. The fourth-order valence-corrected chi connectivity index (χ4v) is 4.68. The van der Waals surface area contributed by atoms with Crippen LogP contribution >= 0.6 is 0 Å². The second-order valence-corrected chi connectivity index (χ2v) is 8.66. The Labute approximate surface area is 150 Å². The van der Waals surface area contributed by atoms with E-state index in [0.29, 0.717) is 6.42 Å². The highest BCUT2D eigenvalue weighted by Crippen LogP contribution is 2.32. The minimum absolute atomic E-state index is 0.0918. The number of aliphatic carboxylic acids is 1. The third kappa shape index (κ3) is 5.82. The summed E-state index contributed by atoms with van der Waals surface area (Å²) < 4.78 is 29.6. The van der Waals surface area contributed by atoms with Gasteiger partial charge in [0.2, 0.25) is 0 Å². The van der Waals surface area contributed by atoms with Gasteiger partial charge in [0.1, 0.15) is 0 Å². The highest BCUT2D eigenvalue weighted by atomic mass is 32.2. The Morgan fingerprint density at radius 2 is 1.96 bits per heavy atom. The number of hydrogen-bond acceptors (Lipinski definition) is 4. The van der Waals surface area contributed by atoms with Crippen LogP contribution in [-0.4, -0.2) is 31.4 Å². The molecule has 0 unspecified atom stereocenters. The normalized spacial score (nSPS) is 22.0. The van der Waals surface area contributed by atoms with Crippen LogP contribution in [0.25, 0.3) is 0 Å². The lowest BCUT2D eigenvalue weighted by Crippen LogP contribution is -2.25. The van der Waals surface area contributed by atoms with Gasteiger partial charge >= 0.3 is 5.97 Å². The first-order valence-corrected chi connectivity index (χ1v) is 10.6. The molecule has 1 aromatic rings. The summed E-state index contributed by atoms with van der Waals surface area (Å²) in [7, 11) is -3.45. The molecule has 6 heteroatoms. The molecule has 0 heterocycles. The lowest BCUT2D eigenvalue weighted by molar-refractivity contribution is -0.138. The van der Waals surface area contributed by atoms with E-state index < -0.39 is 22.0 Å². The maximum atomic E-state index is 12.0. The summed E-state index contributed by atoms with van der Waals surface area (Å²) in [5.41, 5.74) is 1.87. The fourth-order valence-electron chi connectivity index (χ4n) is 3.31. The zero-order valence-electron chi connectivity index (χ0n) is 15.0. The zero-order chi connectivity index (χ0) is 18.4. The number of carbonyl (C=O) groups is 1. The van der Waals surface area contributed by atoms with Gasteiger partial charge in [0.15, 0.2) is 0 Å². The molecule has 0 spiro atoms. The molecule has 0 amide bonds. The highest BCUT2D eigenvalue weighted by Gasteiger charge is 2.32. The van der Waals surface area contributed by atoms with Crippen molar-refractivity contribution in [2.45, 2.75) is 64.4 Å². The van der Waals surface area contributed by atoms with Crippen LogP contribution < -0.4 is 0 Å². The number of hydrogen-bond donors (Lipinski definition) is 1. The minimum atomic E-state index is -3.45. The van der Waals surface area contributed by atoms with Gasteiger partial charge in [-0.25, -0.2) is 0 Å². The summed E-state index contributed by atoms with van der Waals surface area (Å²) >= 11 is 0. The van der Waals surface area contributed by atoms with Gasteiger partial charge in [0.25, 0.3) is 10.1 Å². The van der Waals surface area contributed by atoms with Crippen molar-refractivity contribution < 1.29 is 22.5 Å². The zero-order valence-corrected chi connectivity index (χ0v) is 15.8. The van der Waals surface area contributed by atoms with E-state index in [1.807, 2.05) is 31.2 Å². The molecule has 1 aliphatic carbocycles. The number of carboxylic acid groups (broad SMARTS) is 1. The third-order valence-electron chi connectivity index (χ3n) is 4.96. The van der Waals surface area contributed by atoms with Crippen molar-refractivity contribution in [2.24, 2.45) is 5.92 Å². The van der Waals surface area contributed by atoms with Gasteiger partial charge in [0.05, 0.1) is 17.8 Å². The van der Waals surface area contributed by atoms with E-state index in [0.717, 1.165) is 43.2 Å². The molecule has 0 bridgehead atoms. The molecule has 5 nitrogen and oxygen atoms in total. The monoisotopic (exact) mass is 368 g/mol. The molecule has 0 aromatic heterocycles. The smallest absolute Gasteiger partial charge is 0.310 e. The fraction of sp³-hybridized carbons (Fsp3) is 0.632. The average molecular weight is 368 g/mol. The summed E-state index contributed by atoms with van der Waals surface area (Å²) in [4.78, 5) is 11.0. The number of benzene rings is 1. The summed E-state index contributed by atoms with van der Waals surface area (Å²) in [6.07, 6.45) is 4.70. The molecule has 1 aliphatic rings. The second kappa shape index (κ2) is 8.81. The summed E-state index contributed by atoms with van der Waals surface area (Å²) in [5.74, 6) is -1.08. The third-order valence-corrected chi connectivity index (χ3v) is 6.28. The van der Waals surface area contributed by atoms with Gasteiger partial charge in [-0.1, -0.05) is 44.0 Å². The van der Waals surface area contributed by atoms with Gasteiger partial charge in [-0.05, 0) is 49.7 Å². The van der Waals surface area contributed by atoms with Crippen molar-refractivity contribution in [1.29, 1.82) is 0 Å². The summed E-state index contributed by atoms with van der Waals surface area (Å²) in [5, 5.41) is 9.07. The predicted molar refractivity (Wildman–Crippen MR) is 97.1 cm³/mol. The predicted octanol–water partition coefficient (Wildman–Crippen LogP) is 3.73. The molecular weight excluding hydrogens is 340 g/mol. The lowest BCUT2D eigenvalue weighted by atomic mass is 9.94. The number of unbranched alkanes of at least 4 members (excludes halogenated alkanes) is 1. The molecule has 0 saturated heterocycles. The van der Waals surface area contributed by atoms with Crippen LogP contribution in [0.1, 0.15) is 63.0 Å². The maximum Gasteiger partial charge on any atom is 0.310 e. The second-order valence-electron chi connectivity index (χ2n) is 6.95. The van der Waals surface area contributed by atoms with E-state index >= 15 is 0 Å². The van der Waals surface area contributed by atoms with E-state index in [2.05, 4.69) is 0 Å². The molecule has 1 aromatic carbocycles. The maximum absolute atomic E-state index is 12.0. The average Bonchev–Trinajstić information content (AvgIpc) is 2.99. The molecule has 140 valence electrons. The minimum Gasteiger partial charge on any atom is -0.481 e. The molecule has 2 rings (SSSR count). The van der Waals surface area contributed by atoms with E-state index in [1.54, 1.807) is 6.92 Å². The Balaban J connectivity index is 1.98. The van der Waals surface area contributed by atoms with Crippen molar-refractivity contribution >= 4 is 16.1 Å². The van der Waals surface area contributed by atoms with Gasteiger partial charge in [0, 0.05) is 0 Å². The van der Waals surface area contributed by atoms with Crippen molar-refractivity contribution in [3.05, 3.63) is 35.4 Å². The summed E-state index contributed by atoms with van der Waals surface area (Å²) in [6, 6.07) is 7.57. The highest BCUT2D eigenvalue weighted by molar-refractivity contribution is 7.86. The Hall–Kier alpha value is -1.40. The van der Waals surface area contributed by atoms with Crippen molar-refractivity contribution in [3.8, 4) is 0 Å². The van der Waals surface area contributed by atoms with Crippen LogP contribution in [0, 0.1) is 5.92 Å². The van der Waals surface area contributed by atoms with Gasteiger partial charge in [-0.3, -0.25) is 8.98 Å². The Morgan fingerprint density at radius 3 is 2.56 bits per heavy atom. The van der Waals surface area contributed by atoms with Crippen molar-refractivity contribution in [1.82, 2.24) is 0 Å². The lowest BCUT2D eigenvalue weighted by Gasteiger charge is -2.20. The quantitative estimate of drug-likeness (QED) is 0.672. The van der Waals surface area contributed by atoms with Gasteiger partial charge < -0.3 is 5.11 Å². The number of carboxylic acids is 1. The molecule has 1 N–H and O–H groups in total. The Morgan fingerprint density at radius 1 is 1.28 bits per heavy atom. The van der Waals surface area contributed by atoms with Crippen LogP contribution in [0.3, 0.4) is 0 Å². The summed E-state index contributed by atoms with van der Waals surface area (Å²) in [6.45, 7) is 3.63. The SMILES string of the molecule is CCCCS(=O)(=O)O[C@H]1CCC[C@@H]1Cc1ccc([C@H](C)C(=O)O)cc1. The van der Waals surface area contributed by atoms with Crippen LogP contribution in [-0.2, 0) is 25.5 Å². The molecule has 0 aliphatic heterocycles. The first-order valence-electron chi connectivity index (χ1n) is 9.05. The van der Waals surface area contributed by atoms with E-state index in [-0.39, 0.29) is 17.8 Å². The topological polar surface area (TPSA) is 80.7 Å². The van der Waals surface area contributed by atoms with Gasteiger partial charge in [-0.2, -0.15) is 8.42 Å². The van der Waals surface area contributed by atoms with Crippen LogP contribution in [0.4, 0.5) is 0 Å². The molecule has 1 saturated carbocycles.